The highest BCUT2D eigenvalue weighted by molar-refractivity contribution is 5.98. The summed E-state index contributed by atoms with van der Waals surface area (Å²) in [5.74, 6) is 0.727. The van der Waals surface area contributed by atoms with E-state index in [4.69, 9.17) is 14.2 Å². The molecule has 2 heterocycles. The molecule has 2 aromatic carbocycles. The van der Waals surface area contributed by atoms with E-state index >= 15 is 0 Å². The van der Waals surface area contributed by atoms with E-state index in [1.807, 2.05) is 44.2 Å². The van der Waals surface area contributed by atoms with Gasteiger partial charge in [0.1, 0.15) is 11.5 Å². The highest BCUT2D eigenvalue weighted by Gasteiger charge is 2.34. The third-order valence-electron chi connectivity index (χ3n) is 6.37. The molecule has 0 bridgehead atoms. The maximum Gasteiger partial charge on any atom is 0.229 e. The van der Waals surface area contributed by atoms with Gasteiger partial charge in [0.25, 0.3) is 0 Å². The summed E-state index contributed by atoms with van der Waals surface area (Å²) in [5.41, 5.74) is 2.67. The van der Waals surface area contributed by atoms with Crippen LogP contribution in [0.2, 0.25) is 0 Å². The van der Waals surface area contributed by atoms with Crippen molar-refractivity contribution in [2.24, 2.45) is 5.92 Å². The molecule has 2 aliphatic heterocycles. The molecule has 4 rings (SSSR count). The number of amides is 2. The van der Waals surface area contributed by atoms with E-state index in [9.17, 15) is 9.59 Å². The zero-order chi connectivity index (χ0) is 24.6. The second-order valence-corrected chi connectivity index (χ2v) is 8.75. The van der Waals surface area contributed by atoms with Gasteiger partial charge in [0.05, 0.1) is 43.7 Å². The minimum Gasteiger partial charge on any atom is -0.492 e. The van der Waals surface area contributed by atoms with Gasteiger partial charge in [-0.05, 0) is 25.8 Å². The van der Waals surface area contributed by atoms with Gasteiger partial charge in [-0.1, -0.05) is 30.3 Å². The Kier molecular flexibility index (Phi) is 8.47. The lowest BCUT2D eigenvalue weighted by molar-refractivity contribution is -0.128. The Bertz CT molecular complexity index is 1010. The standard InChI is InChI=1S/C27H35N3O5/c1-3-34-24-18-23(29-12-14-33-15-13-29)25(35-4-2)17-22(24)28-27(32)21-16-26(31)30(19-21)11-10-20-8-6-5-7-9-20/h5-9,17-18,21H,3-4,10-16,19H2,1-2H3,(H,28,32). The van der Waals surface area contributed by atoms with Crippen molar-refractivity contribution in [3.05, 3.63) is 48.0 Å². The Labute approximate surface area is 207 Å². The van der Waals surface area contributed by atoms with Gasteiger partial charge in [-0.3, -0.25) is 9.59 Å². The molecular formula is C27H35N3O5. The smallest absolute Gasteiger partial charge is 0.229 e. The van der Waals surface area contributed by atoms with Crippen molar-refractivity contribution in [1.82, 2.24) is 4.90 Å². The van der Waals surface area contributed by atoms with Crippen molar-refractivity contribution < 1.29 is 23.8 Å². The van der Waals surface area contributed by atoms with E-state index in [-0.39, 0.29) is 18.2 Å². The quantitative estimate of drug-likeness (QED) is 0.561. The SMILES string of the molecule is CCOc1cc(N2CCOCC2)c(OCC)cc1NC(=O)C1CC(=O)N(CCc2ccccc2)C1. The summed E-state index contributed by atoms with van der Waals surface area (Å²) in [6, 6.07) is 13.8. The van der Waals surface area contributed by atoms with Crippen LogP contribution in [-0.2, 0) is 20.7 Å². The van der Waals surface area contributed by atoms with E-state index < -0.39 is 5.92 Å². The molecule has 8 heteroatoms. The monoisotopic (exact) mass is 481 g/mol. The van der Waals surface area contributed by atoms with Crippen molar-refractivity contribution in [1.29, 1.82) is 0 Å². The summed E-state index contributed by atoms with van der Waals surface area (Å²) in [7, 11) is 0. The number of morpholine rings is 1. The van der Waals surface area contributed by atoms with Crippen LogP contribution in [0.4, 0.5) is 11.4 Å². The molecule has 0 radical (unpaired) electrons. The highest BCUT2D eigenvalue weighted by Crippen LogP contribution is 2.39. The summed E-state index contributed by atoms with van der Waals surface area (Å²) < 4.78 is 17.3. The number of hydrogen-bond acceptors (Lipinski definition) is 6. The maximum atomic E-state index is 13.2. The van der Waals surface area contributed by atoms with Crippen molar-refractivity contribution >= 4 is 23.2 Å². The first-order chi connectivity index (χ1) is 17.1. The van der Waals surface area contributed by atoms with Crippen molar-refractivity contribution in [2.45, 2.75) is 26.7 Å². The molecule has 2 fully saturated rings. The molecule has 1 unspecified atom stereocenters. The van der Waals surface area contributed by atoms with E-state index in [0.29, 0.717) is 56.7 Å². The van der Waals surface area contributed by atoms with Crippen molar-refractivity contribution in [2.75, 3.05) is 62.8 Å². The minimum atomic E-state index is -0.401. The van der Waals surface area contributed by atoms with Crippen LogP contribution in [0.3, 0.4) is 0 Å². The number of ether oxygens (including phenoxy) is 3. The molecule has 188 valence electrons. The summed E-state index contributed by atoms with van der Waals surface area (Å²) in [6.07, 6.45) is 0.991. The summed E-state index contributed by atoms with van der Waals surface area (Å²) in [4.78, 5) is 29.8. The van der Waals surface area contributed by atoms with Gasteiger partial charge in [-0.25, -0.2) is 0 Å². The fraction of sp³-hybridized carbons (Fsp3) is 0.481. The number of likely N-dealkylation sites (tertiary alicyclic amines) is 1. The zero-order valence-electron chi connectivity index (χ0n) is 20.6. The number of carbonyl (C=O) groups is 2. The zero-order valence-corrected chi connectivity index (χ0v) is 20.6. The number of anilines is 2. The van der Waals surface area contributed by atoms with Crippen LogP contribution in [0.5, 0.6) is 11.5 Å². The average molecular weight is 482 g/mol. The van der Waals surface area contributed by atoms with Crippen LogP contribution in [0, 0.1) is 5.92 Å². The molecule has 2 saturated heterocycles. The van der Waals surface area contributed by atoms with Crippen molar-refractivity contribution in [3.63, 3.8) is 0 Å². The molecule has 0 aliphatic carbocycles. The highest BCUT2D eigenvalue weighted by atomic mass is 16.5. The summed E-state index contributed by atoms with van der Waals surface area (Å²) in [6.45, 7) is 8.70. The lowest BCUT2D eigenvalue weighted by Crippen LogP contribution is -2.36. The topological polar surface area (TPSA) is 80.3 Å². The first kappa shape index (κ1) is 24.9. The van der Waals surface area contributed by atoms with Gasteiger partial charge in [-0.2, -0.15) is 0 Å². The predicted molar refractivity (Wildman–Crippen MR) is 135 cm³/mol. The third-order valence-corrected chi connectivity index (χ3v) is 6.37. The number of hydrogen-bond donors (Lipinski definition) is 1. The van der Waals surface area contributed by atoms with Crippen LogP contribution in [0.1, 0.15) is 25.8 Å². The van der Waals surface area contributed by atoms with E-state index in [1.165, 1.54) is 5.56 Å². The number of benzene rings is 2. The second kappa shape index (κ2) is 11.9. The molecule has 0 saturated carbocycles. The molecule has 35 heavy (non-hydrogen) atoms. The van der Waals surface area contributed by atoms with Gasteiger partial charge in [0.2, 0.25) is 11.8 Å². The molecule has 2 amide bonds. The lowest BCUT2D eigenvalue weighted by Gasteiger charge is -2.31. The average Bonchev–Trinajstić information content (AvgIpc) is 3.26. The second-order valence-electron chi connectivity index (χ2n) is 8.75. The van der Waals surface area contributed by atoms with Gasteiger partial charge in [0.15, 0.2) is 0 Å². The van der Waals surface area contributed by atoms with Crippen LogP contribution in [0.15, 0.2) is 42.5 Å². The predicted octanol–water partition coefficient (Wildman–Crippen LogP) is 3.35. The van der Waals surface area contributed by atoms with Gasteiger partial charge >= 0.3 is 0 Å². The Morgan fingerprint density at radius 1 is 1.06 bits per heavy atom. The largest absolute Gasteiger partial charge is 0.492 e. The Balaban J connectivity index is 1.46. The number of nitrogens with zero attached hydrogens (tertiary/aromatic N) is 2. The molecule has 1 N–H and O–H groups in total. The van der Waals surface area contributed by atoms with Crippen molar-refractivity contribution in [3.8, 4) is 11.5 Å². The first-order valence-electron chi connectivity index (χ1n) is 12.5. The molecular weight excluding hydrogens is 446 g/mol. The fourth-order valence-corrected chi connectivity index (χ4v) is 4.55. The number of rotatable bonds is 10. The van der Waals surface area contributed by atoms with Crippen LogP contribution < -0.4 is 19.7 Å². The molecule has 2 aliphatic rings. The Morgan fingerprint density at radius 3 is 2.49 bits per heavy atom. The molecule has 8 nitrogen and oxygen atoms in total. The minimum absolute atomic E-state index is 0.0174. The van der Waals surface area contributed by atoms with E-state index in [2.05, 4.69) is 22.3 Å². The van der Waals surface area contributed by atoms with Gasteiger partial charge < -0.3 is 29.3 Å². The molecule has 2 aromatic rings. The maximum absolute atomic E-state index is 13.2. The van der Waals surface area contributed by atoms with Crippen LogP contribution in [0.25, 0.3) is 0 Å². The van der Waals surface area contributed by atoms with Crippen LogP contribution >= 0.6 is 0 Å². The third kappa shape index (κ3) is 6.25. The van der Waals surface area contributed by atoms with Gasteiger partial charge in [-0.15, -0.1) is 0 Å². The van der Waals surface area contributed by atoms with Crippen LogP contribution in [-0.4, -0.2) is 69.3 Å². The normalized spacial score (nSPS) is 18.0. The molecule has 0 aromatic heterocycles. The molecule has 1 atom stereocenters. The lowest BCUT2D eigenvalue weighted by atomic mass is 10.1. The number of carbonyl (C=O) groups excluding carboxylic acids is 2. The van der Waals surface area contributed by atoms with E-state index in [0.717, 1.165) is 25.2 Å². The summed E-state index contributed by atoms with van der Waals surface area (Å²) >= 11 is 0. The fourth-order valence-electron chi connectivity index (χ4n) is 4.55. The Hall–Kier alpha value is -3.26. The van der Waals surface area contributed by atoms with Gasteiger partial charge in [0, 0.05) is 44.7 Å². The Morgan fingerprint density at radius 2 is 1.77 bits per heavy atom. The molecule has 0 spiro atoms. The number of nitrogens with one attached hydrogen (secondary N) is 1. The van der Waals surface area contributed by atoms with E-state index in [1.54, 1.807) is 4.90 Å². The first-order valence-corrected chi connectivity index (χ1v) is 12.5. The summed E-state index contributed by atoms with van der Waals surface area (Å²) in [5, 5.41) is 3.02.